The quantitative estimate of drug-likeness (QED) is 0.688. The van der Waals surface area contributed by atoms with Gasteiger partial charge in [-0.2, -0.15) is 18.4 Å². The van der Waals surface area contributed by atoms with Gasteiger partial charge in [0.1, 0.15) is 0 Å². The van der Waals surface area contributed by atoms with Crippen LogP contribution < -0.4 is 5.32 Å². The minimum Gasteiger partial charge on any atom is -0.305 e. The van der Waals surface area contributed by atoms with Gasteiger partial charge in [-0.05, 0) is 6.92 Å². The summed E-state index contributed by atoms with van der Waals surface area (Å²) in [7, 11) is 0. The summed E-state index contributed by atoms with van der Waals surface area (Å²) in [6, 6.07) is 1.37. The molecule has 5 heteroatoms. The molecule has 1 atom stereocenters. The van der Waals surface area contributed by atoms with Crippen molar-refractivity contribution in [3.63, 3.8) is 0 Å². The van der Waals surface area contributed by atoms with Crippen LogP contribution in [0, 0.1) is 11.3 Å². The molecule has 0 heterocycles. The average molecular weight is 166 g/mol. The van der Waals surface area contributed by atoms with E-state index >= 15 is 0 Å². The third-order valence-electron chi connectivity index (χ3n) is 1.05. The van der Waals surface area contributed by atoms with E-state index < -0.39 is 18.8 Å². The van der Waals surface area contributed by atoms with Crippen LogP contribution in [-0.2, 0) is 0 Å². The van der Waals surface area contributed by atoms with E-state index in [0.717, 1.165) is 0 Å². The zero-order valence-corrected chi connectivity index (χ0v) is 6.07. The number of halogens is 3. The van der Waals surface area contributed by atoms with E-state index in [2.05, 4.69) is 5.32 Å². The molecule has 0 aliphatic heterocycles. The van der Waals surface area contributed by atoms with Gasteiger partial charge in [-0.1, -0.05) is 0 Å². The summed E-state index contributed by atoms with van der Waals surface area (Å²) in [4.78, 5) is 0. The van der Waals surface area contributed by atoms with Crippen LogP contribution in [0.2, 0.25) is 0 Å². The number of nitriles is 1. The van der Waals surface area contributed by atoms with Gasteiger partial charge in [-0.25, -0.2) is 0 Å². The minimum atomic E-state index is -4.19. The van der Waals surface area contributed by atoms with Crippen LogP contribution in [0.25, 0.3) is 0 Å². The molecule has 0 fully saturated rings. The van der Waals surface area contributed by atoms with Gasteiger partial charge in [-0.15, -0.1) is 0 Å². The molecule has 0 saturated heterocycles. The summed E-state index contributed by atoms with van der Waals surface area (Å²) in [6.45, 7) is 0.505. The highest BCUT2D eigenvalue weighted by Gasteiger charge is 2.26. The Bertz CT molecular complexity index is 147. The summed E-state index contributed by atoms with van der Waals surface area (Å²) in [5.74, 6) is 0. The smallest absolute Gasteiger partial charge is 0.305 e. The van der Waals surface area contributed by atoms with Crippen molar-refractivity contribution in [3.05, 3.63) is 0 Å². The van der Waals surface area contributed by atoms with Crippen molar-refractivity contribution in [3.8, 4) is 6.07 Å². The SMILES string of the molecule is CC(CC#N)NCC(F)(F)F. The summed E-state index contributed by atoms with van der Waals surface area (Å²) in [6.07, 6.45) is -4.10. The van der Waals surface area contributed by atoms with E-state index in [4.69, 9.17) is 5.26 Å². The van der Waals surface area contributed by atoms with E-state index in [0.29, 0.717) is 0 Å². The number of nitrogens with one attached hydrogen (secondary N) is 1. The van der Waals surface area contributed by atoms with Crippen molar-refractivity contribution < 1.29 is 13.2 Å². The lowest BCUT2D eigenvalue weighted by atomic mass is 10.2. The Morgan fingerprint density at radius 2 is 2.09 bits per heavy atom. The molecule has 1 unspecified atom stereocenters. The normalized spacial score (nSPS) is 14.1. The van der Waals surface area contributed by atoms with Gasteiger partial charge < -0.3 is 5.32 Å². The standard InChI is InChI=1S/C6H9F3N2/c1-5(2-3-10)11-4-6(7,8)9/h5,11H,2,4H2,1H3. The fourth-order valence-corrected chi connectivity index (χ4v) is 0.499. The maximum absolute atomic E-state index is 11.5. The maximum Gasteiger partial charge on any atom is 0.401 e. The molecule has 0 aliphatic rings. The largest absolute Gasteiger partial charge is 0.401 e. The Balaban J connectivity index is 3.48. The molecular formula is C6H9F3N2. The lowest BCUT2D eigenvalue weighted by Gasteiger charge is -2.11. The fraction of sp³-hybridized carbons (Fsp3) is 0.833. The number of rotatable bonds is 3. The molecule has 0 aromatic heterocycles. The van der Waals surface area contributed by atoms with Crippen molar-refractivity contribution in [1.82, 2.24) is 5.32 Å². The monoisotopic (exact) mass is 166 g/mol. The second kappa shape index (κ2) is 4.19. The topological polar surface area (TPSA) is 35.8 Å². The van der Waals surface area contributed by atoms with Crippen molar-refractivity contribution >= 4 is 0 Å². The maximum atomic E-state index is 11.5. The van der Waals surface area contributed by atoms with E-state index in [1.807, 2.05) is 0 Å². The first-order valence-corrected chi connectivity index (χ1v) is 3.13. The second-order valence-electron chi connectivity index (χ2n) is 2.26. The molecule has 0 amide bonds. The first-order chi connectivity index (χ1) is 4.95. The molecule has 64 valence electrons. The molecule has 0 aliphatic carbocycles. The van der Waals surface area contributed by atoms with Crippen molar-refractivity contribution in [1.29, 1.82) is 5.26 Å². The Morgan fingerprint density at radius 3 is 2.45 bits per heavy atom. The van der Waals surface area contributed by atoms with Crippen LogP contribution in [-0.4, -0.2) is 18.8 Å². The van der Waals surface area contributed by atoms with Gasteiger partial charge in [0, 0.05) is 6.04 Å². The molecule has 0 rings (SSSR count). The number of nitrogens with zero attached hydrogens (tertiary/aromatic N) is 1. The zero-order chi connectivity index (χ0) is 8.91. The van der Waals surface area contributed by atoms with Crippen LogP contribution in [0.5, 0.6) is 0 Å². The molecule has 11 heavy (non-hydrogen) atoms. The number of hydrogen-bond acceptors (Lipinski definition) is 2. The van der Waals surface area contributed by atoms with Crippen LogP contribution in [0.15, 0.2) is 0 Å². The van der Waals surface area contributed by atoms with Gasteiger partial charge in [0.15, 0.2) is 0 Å². The minimum absolute atomic E-state index is 0.0933. The highest BCUT2D eigenvalue weighted by atomic mass is 19.4. The van der Waals surface area contributed by atoms with E-state index in [9.17, 15) is 13.2 Å². The Morgan fingerprint density at radius 1 is 1.55 bits per heavy atom. The molecule has 0 aromatic carbocycles. The first kappa shape index (κ1) is 10.2. The predicted molar refractivity (Wildman–Crippen MR) is 33.7 cm³/mol. The third-order valence-corrected chi connectivity index (χ3v) is 1.05. The number of alkyl halides is 3. The summed E-state index contributed by atoms with van der Waals surface area (Å²) in [5.41, 5.74) is 0. The molecule has 0 spiro atoms. The molecular weight excluding hydrogens is 157 g/mol. The van der Waals surface area contributed by atoms with Crippen molar-refractivity contribution in [2.75, 3.05) is 6.54 Å². The molecule has 1 N–H and O–H groups in total. The van der Waals surface area contributed by atoms with E-state index in [1.54, 1.807) is 6.07 Å². The fourth-order valence-electron chi connectivity index (χ4n) is 0.499. The first-order valence-electron chi connectivity index (χ1n) is 3.13. The van der Waals surface area contributed by atoms with Crippen molar-refractivity contribution in [2.45, 2.75) is 25.6 Å². The molecule has 0 bridgehead atoms. The van der Waals surface area contributed by atoms with Gasteiger partial charge in [-0.3, -0.25) is 0 Å². The molecule has 2 nitrogen and oxygen atoms in total. The van der Waals surface area contributed by atoms with Gasteiger partial charge in [0.25, 0.3) is 0 Å². The van der Waals surface area contributed by atoms with E-state index in [-0.39, 0.29) is 6.42 Å². The Labute approximate surface area is 63.0 Å². The lowest BCUT2D eigenvalue weighted by Crippen LogP contribution is -2.35. The highest BCUT2D eigenvalue weighted by molar-refractivity contribution is 4.77. The summed E-state index contributed by atoms with van der Waals surface area (Å²) in [5, 5.41) is 10.3. The van der Waals surface area contributed by atoms with Gasteiger partial charge >= 0.3 is 6.18 Å². The summed E-state index contributed by atoms with van der Waals surface area (Å²) >= 11 is 0. The van der Waals surface area contributed by atoms with Crippen LogP contribution in [0.1, 0.15) is 13.3 Å². The van der Waals surface area contributed by atoms with Crippen molar-refractivity contribution in [2.24, 2.45) is 0 Å². The third kappa shape index (κ3) is 7.13. The molecule has 0 aromatic rings. The zero-order valence-electron chi connectivity index (χ0n) is 6.07. The van der Waals surface area contributed by atoms with Crippen LogP contribution in [0.3, 0.4) is 0 Å². The molecule has 0 radical (unpaired) electrons. The number of hydrogen-bond donors (Lipinski definition) is 1. The Hall–Kier alpha value is -0.760. The summed E-state index contributed by atoms with van der Waals surface area (Å²) < 4.78 is 34.5. The van der Waals surface area contributed by atoms with Crippen LogP contribution in [0.4, 0.5) is 13.2 Å². The predicted octanol–water partition coefficient (Wildman–Crippen LogP) is 1.44. The van der Waals surface area contributed by atoms with Crippen LogP contribution >= 0.6 is 0 Å². The average Bonchev–Trinajstić information content (AvgIpc) is 1.83. The van der Waals surface area contributed by atoms with E-state index in [1.165, 1.54) is 6.92 Å². The lowest BCUT2D eigenvalue weighted by molar-refractivity contribution is -0.125. The molecule has 0 saturated carbocycles. The highest BCUT2D eigenvalue weighted by Crippen LogP contribution is 2.12. The Kier molecular flexibility index (Phi) is 3.90. The van der Waals surface area contributed by atoms with Gasteiger partial charge in [0.2, 0.25) is 0 Å². The second-order valence-corrected chi connectivity index (χ2v) is 2.26. The van der Waals surface area contributed by atoms with Gasteiger partial charge in [0.05, 0.1) is 19.0 Å².